The number of benzene rings is 2. The molecular formula is C26H28N2O6. The van der Waals surface area contributed by atoms with Gasteiger partial charge >= 0.3 is 12.1 Å². The van der Waals surface area contributed by atoms with E-state index >= 15 is 0 Å². The molecule has 1 aliphatic heterocycles. The lowest BCUT2D eigenvalue weighted by atomic mass is 9.98. The fourth-order valence-electron chi connectivity index (χ4n) is 5.58. The van der Waals surface area contributed by atoms with Gasteiger partial charge in [0.25, 0.3) is 0 Å². The Balaban J connectivity index is 1.08. The number of aliphatic carboxylic acids is 1. The first-order valence-corrected chi connectivity index (χ1v) is 11.7. The number of amides is 2. The lowest BCUT2D eigenvalue weighted by Crippen LogP contribution is -2.41. The monoisotopic (exact) mass is 464 g/mol. The number of nitrogens with zero attached hydrogens (tertiary/aromatic N) is 1. The van der Waals surface area contributed by atoms with Crippen molar-refractivity contribution in [1.29, 1.82) is 0 Å². The van der Waals surface area contributed by atoms with Crippen LogP contribution < -0.4 is 5.32 Å². The van der Waals surface area contributed by atoms with Crippen molar-refractivity contribution in [2.45, 2.75) is 24.9 Å². The second-order valence-electron chi connectivity index (χ2n) is 9.38. The molecule has 0 aromatic heterocycles. The number of carbonyl (C=O) groups is 3. The first-order valence-electron chi connectivity index (χ1n) is 11.7. The van der Waals surface area contributed by atoms with Crippen molar-refractivity contribution in [3.8, 4) is 11.1 Å². The van der Waals surface area contributed by atoms with Crippen LogP contribution in [0.5, 0.6) is 0 Å². The Bertz CT molecular complexity index is 1070. The molecule has 178 valence electrons. The van der Waals surface area contributed by atoms with Crippen molar-refractivity contribution in [1.82, 2.24) is 10.2 Å². The van der Waals surface area contributed by atoms with Crippen molar-refractivity contribution in [2.75, 3.05) is 26.2 Å². The molecule has 8 heteroatoms. The van der Waals surface area contributed by atoms with Crippen molar-refractivity contribution in [3.63, 3.8) is 0 Å². The molecule has 1 saturated heterocycles. The van der Waals surface area contributed by atoms with Crippen LogP contribution in [-0.4, -0.2) is 65.4 Å². The summed E-state index contributed by atoms with van der Waals surface area (Å²) in [6.45, 7) is 1.01. The SMILES string of the molecule is O=C(NCC(O)CC(=O)N1CC[C@H]2C(C(=O)O)[C@H]2C1)OCC1c2ccccc2-c2ccccc21. The number of carboxylic acids is 1. The number of hydrogen-bond donors (Lipinski definition) is 3. The van der Waals surface area contributed by atoms with Gasteiger partial charge in [-0.25, -0.2) is 4.79 Å². The quantitative estimate of drug-likeness (QED) is 0.580. The van der Waals surface area contributed by atoms with E-state index in [0.29, 0.717) is 19.5 Å². The first kappa shape index (κ1) is 22.4. The number of aliphatic hydroxyl groups is 1. The van der Waals surface area contributed by atoms with Gasteiger partial charge in [-0.15, -0.1) is 0 Å². The zero-order chi connectivity index (χ0) is 23.8. The van der Waals surface area contributed by atoms with E-state index in [2.05, 4.69) is 17.4 Å². The summed E-state index contributed by atoms with van der Waals surface area (Å²) in [5.74, 6) is -1.23. The zero-order valence-electron chi connectivity index (χ0n) is 18.7. The Morgan fingerprint density at radius 3 is 2.32 bits per heavy atom. The fraction of sp³-hybridized carbons (Fsp3) is 0.423. The maximum Gasteiger partial charge on any atom is 0.407 e. The summed E-state index contributed by atoms with van der Waals surface area (Å²) in [5.41, 5.74) is 4.52. The molecule has 0 bridgehead atoms. The van der Waals surface area contributed by atoms with E-state index in [1.807, 2.05) is 36.4 Å². The van der Waals surface area contributed by atoms with Crippen LogP contribution >= 0.6 is 0 Å². The average molecular weight is 465 g/mol. The molecule has 1 saturated carbocycles. The third-order valence-corrected chi connectivity index (χ3v) is 7.37. The van der Waals surface area contributed by atoms with Gasteiger partial charge in [-0.3, -0.25) is 9.59 Å². The summed E-state index contributed by atoms with van der Waals surface area (Å²) in [6, 6.07) is 16.1. The van der Waals surface area contributed by atoms with Crippen molar-refractivity contribution in [2.24, 2.45) is 17.8 Å². The topological polar surface area (TPSA) is 116 Å². The van der Waals surface area contributed by atoms with Gasteiger partial charge in [-0.05, 0) is 40.5 Å². The zero-order valence-corrected chi connectivity index (χ0v) is 18.7. The predicted molar refractivity (Wildman–Crippen MR) is 123 cm³/mol. The number of nitrogens with one attached hydrogen (secondary N) is 1. The third-order valence-electron chi connectivity index (χ3n) is 7.37. The van der Waals surface area contributed by atoms with Crippen LogP contribution in [0.3, 0.4) is 0 Å². The van der Waals surface area contributed by atoms with Gasteiger partial charge < -0.3 is 25.2 Å². The molecule has 5 rings (SSSR count). The van der Waals surface area contributed by atoms with E-state index in [4.69, 9.17) is 4.74 Å². The second kappa shape index (κ2) is 9.10. The van der Waals surface area contributed by atoms with Crippen LogP contribution in [0.25, 0.3) is 11.1 Å². The average Bonchev–Trinajstić information content (AvgIpc) is 3.49. The minimum absolute atomic E-state index is 0.0197. The molecule has 2 aliphatic carbocycles. The molecule has 34 heavy (non-hydrogen) atoms. The van der Waals surface area contributed by atoms with Crippen LogP contribution in [0.15, 0.2) is 48.5 Å². The molecule has 2 fully saturated rings. The number of likely N-dealkylation sites (tertiary alicyclic amines) is 1. The standard InChI is InChI=1S/C26H28N2O6/c29-15(11-23(30)28-10-9-20-21(13-28)24(20)25(31)32)12-27-26(33)34-14-22-18-7-3-1-5-16(18)17-6-2-4-8-19(17)22/h1-8,15,20-22,24,29H,9-14H2,(H,27,33)(H,31,32)/t15?,20-,21+,24?/m1/s1. The highest BCUT2D eigenvalue weighted by atomic mass is 16.5. The number of carboxylic acid groups (broad SMARTS) is 1. The number of ether oxygens (including phenoxy) is 1. The van der Waals surface area contributed by atoms with Crippen LogP contribution in [0, 0.1) is 17.8 Å². The highest BCUT2D eigenvalue weighted by Crippen LogP contribution is 2.51. The van der Waals surface area contributed by atoms with Crippen molar-refractivity contribution >= 4 is 18.0 Å². The molecule has 2 amide bonds. The van der Waals surface area contributed by atoms with Crippen LogP contribution in [-0.2, 0) is 14.3 Å². The van der Waals surface area contributed by atoms with Gasteiger partial charge in [0.15, 0.2) is 0 Å². The molecule has 0 spiro atoms. The molecule has 3 N–H and O–H groups in total. The number of piperidine rings is 1. The number of aliphatic hydroxyl groups excluding tert-OH is 1. The Morgan fingerprint density at radius 2 is 1.68 bits per heavy atom. The van der Waals surface area contributed by atoms with Gasteiger partial charge in [0, 0.05) is 25.6 Å². The van der Waals surface area contributed by atoms with Crippen molar-refractivity contribution in [3.05, 3.63) is 59.7 Å². The molecule has 0 radical (unpaired) electrons. The van der Waals surface area contributed by atoms with E-state index in [1.54, 1.807) is 4.90 Å². The molecular weight excluding hydrogens is 436 g/mol. The molecule has 1 heterocycles. The first-order chi connectivity index (χ1) is 16.4. The normalized spacial score (nSPS) is 23.3. The van der Waals surface area contributed by atoms with Crippen LogP contribution in [0.2, 0.25) is 0 Å². The summed E-state index contributed by atoms with van der Waals surface area (Å²) >= 11 is 0. The van der Waals surface area contributed by atoms with E-state index in [0.717, 1.165) is 22.3 Å². The lowest BCUT2D eigenvalue weighted by molar-refractivity contribution is -0.139. The van der Waals surface area contributed by atoms with Gasteiger partial charge in [-0.1, -0.05) is 48.5 Å². The fourth-order valence-corrected chi connectivity index (χ4v) is 5.58. The van der Waals surface area contributed by atoms with Crippen LogP contribution in [0.1, 0.15) is 29.9 Å². The minimum atomic E-state index is -1.04. The Hall–Kier alpha value is -3.39. The molecule has 4 atom stereocenters. The largest absolute Gasteiger partial charge is 0.481 e. The lowest BCUT2D eigenvalue weighted by Gasteiger charge is -2.27. The third kappa shape index (κ3) is 4.25. The van der Waals surface area contributed by atoms with E-state index in [1.165, 1.54) is 0 Å². The summed E-state index contributed by atoms with van der Waals surface area (Å²) in [4.78, 5) is 37.6. The maximum absolute atomic E-state index is 12.5. The van der Waals surface area contributed by atoms with E-state index < -0.39 is 18.2 Å². The summed E-state index contributed by atoms with van der Waals surface area (Å²) in [7, 11) is 0. The second-order valence-corrected chi connectivity index (χ2v) is 9.38. The molecule has 3 aliphatic rings. The Labute approximate surface area is 197 Å². The number of hydrogen-bond acceptors (Lipinski definition) is 5. The van der Waals surface area contributed by atoms with Gasteiger partial charge in [0.1, 0.15) is 6.61 Å². The smallest absolute Gasteiger partial charge is 0.407 e. The van der Waals surface area contributed by atoms with Gasteiger partial charge in [0.2, 0.25) is 5.91 Å². The number of rotatable bonds is 7. The predicted octanol–water partition coefficient (Wildman–Crippen LogP) is 2.46. The number of alkyl carbamates (subject to hydrolysis) is 1. The van der Waals surface area contributed by atoms with Crippen LogP contribution in [0.4, 0.5) is 4.79 Å². The maximum atomic E-state index is 12.5. The highest BCUT2D eigenvalue weighted by Gasteiger charge is 2.57. The van der Waals surface area contributed by atoms with Crippen molar-refractivity contribution < 1.29 is 29.3 Å². The van der Waals surface area contributed by atoms with Gasteiger partial charge in [-0.2, -0.15) is 0 Å². The number of carbonyl (C=O) groups excluding carboxylic acids is 2. The molecule has 2 aromatic carbocycles. The Morgan fingerprint density at radius 1 is 1.03 bits per heavy atom. The van der Waals surface area contributed by atoms with E-state index in [-0.39, 0.29) is 49.2 Å². The summed E-state index contributed by atoms with van der Waals surface area (Å²) in [5, 5.41) is 22.0. The molecule has 2 aromatic rings. The van der Waals surface area contributed by atoms with Gasteiger partial charge in [0.05, 0.1) is 18.4 Å². The summed E-state index contributed by atoms with van der Waals surface area (Å²) < 4.78 is 5.45. The molecule has 2 unspecified atom stereocenters. The highest BCUT2D eigenvalue weighted by molar-refractivity contribution is 5.80. The number of fused-ring (bicyclic) bond motifs is 4. The van der Waals surface area contributed by atoms with E-state index in [9.17, 15) is 24.6 Å². The molecule has 8 nitrogen and oxygen atoms in total. The Kier molecular flexibility index (Phi) is 6.00. The summed E-state index contributed by atoms with van der Waals surface area (Å²) in [6.07, 6.45) is -1.13. The minimum Gasteiger partial charge on any atom is -0.481 e.